The van der Waals surface area contributed by atoms with Gasteiger partial charge in [0.1, 0.15) is 18.0 Å². The molecule has 10 heteroatoms. The fourth-order valence-electron chi connectivity index (χ4n) is 4.16. The summed E-state index contributed by atoms with van der Waals surface area (Å²) in [6.07, 6.45) is -4.56. The van der Waals surface area contributed by atoms with E-state index in [2.05, 4.69) is 20.6 Å². The molecule has 4 heterocycles. The molecule has 0 radical (unpaired) electrons. The van der Waals surface area contributed by atoms with E-state index in [0.29, 0.717) is 16.9 Å². The van der Waals surface area contributed by atoms with Gasteiger partial charge in [-0.3, -0.25) is 0 Å². The van der Waals surface area contributed by atoms with Crippen LogP contribution in [0, 0.1) is 6.92 Å². The predicted octanol–water partition coefficient (Wildman–Crippen LogP) is 2.85. The lowest BCUT2D eigenvalue weighted by Gasteiger charge is -2.32. The van der Waals surface area contributed by atoms with Crippen molar-refractivity contribution in [3.8, 4) is 28.6 Å². The Kier molecular flexibility index (Phi) is 4.81. The summed E-state index contributed by atoms with van der Waals surface area (Å²) in [7, 11) is 0. The molecule has 6 atom stereocenters. The van der Waals surface area contributed by atoms with Gasteiger partial charge in [0.15, 0.2) is 12.3 Å². The summed E-state index contributed by atoms with van der Waals surface area (Å²) < 4.78 is 49.5. The molecular weight excluding hydrogens is 411 g/mol. The number of phenols is 1. The summed E-state index contributed by atoms with van der Waals surface area (Å²) in [6.45, 7) is 1.87. The Hall–Kier alpha value is -3.14. The van der Waals surface area contributed by atoms with Crippen molar-refractivity contribution in [1.29, 1.82) is 0 Å². The van der Waals surface area contributed by atoms with Crippen molar-refractivity contribution in [3.63, 3.8) is 0 Å². The maximum absolute atomic E-state index is 14.5. The molecule has 3 aromatic rings. The molecule has 1 aromatic carbocycles. The van der Waals surface area contributed by atoms with E-state index in [1.165, 1.54) is 6.07 Å². The summed E-state index contributed by atoms with van der Waals surface area (Å²) in [6, 6.07) is 7.96. The Morgan fingerprint density at radius 3 is 2.58 bits per heavy atom. The number of phenolic OH excluding ortho intramolecular Hbond substituents is 1. The first-order valence-electron chi connectivity index (χ1n) is 9.95. The number of aryl methyl sites for hydroxylation is 1. The molecule has 0 amide bonds. The molecule has 2 N–H and O–H groups in total. The Labute approximate surface area is 175 Å². The van der Waals surface area contributed by atoms with Gasteiger partial charge in [0.2, 0.25) is 5.88 Å². The van der Waals surface area contributed by atoms with E-state index in [1.54, 1.807) is 35.1 Å². The lowest BCUT2D eigenvalue weighted by molar-refractivity contribution is 0.0323. The monoisotopic (exact) mass is 431 g/mol. The second-order valence-electron chi connectivity index (χ2n) is 7.88. The third kappa shape index (κ3) is 3.50. The number of aromatic nitrogens is 4. The van der Waals surface area contributed by atoms with E-state index in [-0.39, 0.29) is 18.1 Å². The molecule has 2 aliphatic heterocycles. The van der Waals surface area contributed by atoms with E-state index in [4.69, 9.17) is 4.74 Å². The van der Waals surface area contributed by atoms with Crippen LogP contribution in [0.3, 0.4) is 0 Å². The van der Waals surface area contributed by atoms with Crippen LogP contribution in [-0.2, 0) is 0 Å². The quantitative estimate of drug-likeness (QED) is 0.661. The van der Waals surface area contributed by atoms with E-state index in [0.717, 1.165) is 5.69 Å². The standard InChI is InChI=1S/C21H20F3N5O2/c1-10-6-7-29(28-10)11-2-3-12(15(30)8-11)13-4-5-17(27-26-13)31-16-9-14-18(22)20(24)21(25-14)19(16)23/h2-8,14,16,18-21,25,30H,9H2,1H3. The molecule has 2 bridgehead atoms. The zero-order valence-electron chi connectivity index (χ0n) is 16.5. The van der Waals surface area contributed by atoms with E-state index in [9.17, 15) is 18.3 Å². The molecule has 0 saturated carbocycles. The molecule has 7 nitrogen and oxygen atoms in total. The van der Waals surface area contributed by atoms with Gasteiger partial charge in [-0.05, 0) is 31.2 Å². The maximum atomic E-state index is 14.5. The number of aromatic hydroxyl groups is 1. The highest BCUT2D eigenvalue weighted by Gasteiger charge is 2.55. The van der Waals surface area contributed by atoms with Gasteiger partial charge in [0.25, 0.3) is 0 Å². The lowest BCUT2D eigenvalue weighted by atomic mass is 10.00. The Morgan fingerprint density at radius 2 is 1.90 bits per heavy atom. The number of benzene rings is 1. The zero-order valence-corrected chi connectivity index (χ0v) is 16.5. The van der Waals surface area contributed by atoms with Crippen molar-refractivity contribution in [1.82, 2.24) is 25.3 Å². The van der Waals surface area contributed by atoms with E-state index in [1.807, 2.05) is 13.0 Å². The number of fused-ring (bicyclic) bond motifs is 2. The van der Waals surface area contributed by atoms with Gasteiger partial charge in [0.05, 0.1) is 23.1 Å². The van der Waals surface area contributed by atoms with Crippen LogP contribution >= 0.6 is 0 Å². The van der Waals surface area contributed by atoms with Crippen LogP contribution in [0.1, 0.15) is 12.1 Å². The first-order chi connectivity index (χ1) is 14.9. The van der Waals surface area contributed by atoms with Crippen molar-refractivity contribution < 1.29 is 23.0 Å². The van der Waals surface area contributed by atoms with Crippen molar-refractivity contribution in [2.45, 2.75) is 50.0 Å². The average molecular weight is 431 g/mol. The number of alkyl halides is 3. The smallest absolute Gasteiger partial charge is 0.233 e. The molecule has 5 rings (SSSR count). The molecule has 31 heavy (non-hydrogen) atoms. The van der Waals surface area contributed by atoms with Gasteiger partial charge < -0.3 is 15.2 Å². The van der Waals surface area contributed by atoms with Gasteiger partial charge in [-0.1, -0.05) is 0 Å². The minimum absolute atomic E-state index is 0.00215. The van der Waals surface area contributed by atoms with Gasteiger partial charge in [0, 0.05) is 36.4 Å². The van der Waals surface area contributed by atoms with Crippen LogP contribution < -0.4 is 10.1 Å². The van der Waals surface area contributed by atoms with Crippen LogP contribution in [-0.4, -0.2) is 61.8 Å². The first-order valence-corrected chi connectivity index (χ1v) is 9.95. The molecule has 2 fully saturated rings. The Morgan fingerprint density at radius 1 is 1.06 bits per heavy atom. The largest absolute Gasteiger partial charge is 0.507 e. The highest BCUT2D eigenvalue weighted by Crippen LogP contribution is 2.36. The molecule has 2 aliphatic rings. The topological polar surface area (TPSA) is 85.1 Å². The second kappa shape index (κ2) is 7.52. The van der Waals surface area contributed by atoms with Crippen LogP contribution in [0.2, 0.25) is 0 Å². The Balaban J connectivity index is 1.31. The molecule has 0 spiro atoms. The number of hydrogen-bond donors (Lipinski definition) is 2. The van der Waals surface area contributed by atoms with E-state index < -0.39 is 36.7 Å². The number of hydrogen-bond acceptors (Lipinski definition) is 6. The van der Waals surface area contributed by atoms with Gasteiger partial charge >= 0.3 is 0 Å². The summed E-state index contributed by atoms with van der Waals surface area (Å²) in [4.78, 5) is 0. The summed E-state index contributed by atoms with van der Waals surface area (Å²) in [5.41, 5.74) is 2.39. The van der Waals surface area contributed by atoms with Crippen LogP contribution in [0.25, 0.3) is 16.9 Å². The van der Waals surface area contributed by atoms with Gasteiger partial charge in [-0.2, -0.15) is 5.10 Å². The van der Waals surface area contributed by atoms with Crippen LogP contribution in [0.5, 0.6) is 11.6 Å². The van der Waals surface area contributed by atoms with Crippen molar-refractivity contribution in [2.24, 2.45) is 0 Å². The van der Waals surface area contributed by atoms with E-state index >= 15 is 0 Å². The average Bonchev–Trinajstić information content (AvgIpc) is 3.30. The first kappa shape index (κ1) is 19.8. The lowest BCUT2D eigenvalue weighted by Crippen LogP contribution is -2.53. The third-order valence-electron chi connectivity index (χ3n) is 5.78. The Bertz CT molecular complexity index is 1090. The fraction of sp³-hybridized carbons (Fsp3) is 0.381. The SMILES string of the molecule is Cc1ccn(-c2ccc(-c3ccc(OC4CC5NC(C4F)C(F)C5F)nn3)c(O)c2)n1. The summed E-state index contributed by atoms with van der Waals surface area (Å²) in [5, 5.41) is 25.3. The highest BCUT2D eigenvalue weighted by atomic mass is 19.2. The summed E-state index contributed by atoms with van der Waals surface area (Å²) in [5.74, 6) is 0.0435. The molecule has 162 valence electrons. The number of nitrogens with one attached hydrogen (secondary N) is 1. The normalized spacial score (nSPS) is 29.8. The predicted molar refractivity (Wildman–Crippen MR) is 105 cm³/mol. The van der Waals surface area contributed by atoms with Gasteiger partial charge in [-0.25, -0.2) is 17.9 Å². The summed E-state index contributed by atoms with van der Waals surface area (Å²) >= 11 is 0. The second-order valence-corrected chi connectivity index (χ2v) is 7.88. The molecule has 6 unspecified atom stereocenters. The molecule has 2 saturated heterocycles. The third-order valence-corrected chi connectivity index (χ3v) is 5.78. The van der Waals surface area contributed by atoms with Crippen molar-refractivity contribution in [3.05, 3.63) is 48.3 Å². The van der Waals surface area contributed by atoms with Crippen molar-refractivity contribution >= 4 is 0 Å². The zero-order chi connectivity index (χ0) is 21.7. The van der Waals surface area contributed by atoms with Crippen LogP contribution in [0.15, 0.2) is 42.6 Å². The number of nitrogens with zero attached hydrogens (tertiary/aromatic N) is 4. The minimum atomic E-state index is -1.89. The molecule has 0 aliphatic carbocycles. The number of halogens is 3. The van der Waals surface area contributed by atoms with Gasteiger partial charge in [-0.15, -0.1) is 10.2 Å². The molecule has 2 aromatic heterocycles. The number of ether oxygens (including phenoxy) is 1. The minimum Gasteiger partial charge on any atom is -0.507 e. The van der Waals surface area contributed by atoms with Crippen LogP contribution in [0.4, 0.5) is 13.2 Å². The molecular formula is C21H20F3N5O2. The fourth-order valence-corrected chi connectivity index (χ4v) is 4.16. The number of rotatable bonds is 4. The van der Waals surface area contributed by atoms with Crippen molar-refractivity contribution in [2.75, 3.05) is 0 Å². The number of piperidine rings is 1. The highest BCUT2D eigenvalue weighted by molar-refractivity contribution is 5.68. The maximum Gasteiger partial charge on any atom is 0.233 e.